The van der Waals surface area contributed by atoms with Crippen molar-refractivity contribution in [1.82, 2.24) is 4.90 Å². The van der Waals surface area contributed by atoms with E-state index in [2.05, 4.69) is 0 Å². The highest BCUT2D eigenvalue weighted by Crippen LogP contribution is 2.31. The van der Waals surface area contributed by atoms with Crippen LogP contribution in [-0.4, -0.2) is 41.6 Å². The molecule has 5 nitrogen and oxygen atoms in total. The first-order chi connectivity index (χ1) is 12.5. The maximum atomic E-state index is 13.3. The molecule has 0 unspecified atom stereocenters. The molecule has 2 aromatic rings. The van der Waals surface area contributed by atoms with Gasteiger partial charge in [-0.3, -0.25) is 9.59 Å². The van der Waals surface area contributed by atoms with Gasteiger partial charge in [0.25, 0.3) is 5.91 Å². The maximum Gasteiger partial charge on any atom is 0.307 e. The molecule has 0 aromatic heterocycles. The number of carbonyl (C=O) groups excluding carboxylic acids is 2. The highest BCUT2D eigenvalue weighted by atomic mass is 16.5. The van der Waals surface area contributed by atoms with E-state index in [1.165, 1.54) is 4.90 Å². The molecule has 0 fully saturated rings. The van der Waals surface area contributed by atoms with Crippen LogP contribution in [0.5, 0.6) is 0 Å². The van der Waals surface area contributed by atoms with Gasteiger partial charge in [-0.15, -0.1) is 0 Å². The standard InChI is InChI=1S/C21H25NO4/c1-3-22(16-15-19(23)26-4-2)20(24)21(25,17-11-7-5-8-12-17)18-13-9-6-10-14-18/h5-14,25H,3-4,15-16H2,1-2H3. The Balaban J connectivity index is 2.35. The molecule has 0 aliphatic rings. The molecular weight excluding hydrogens is 330 g/mol. The van der Waals surface area contributed by atoms with Gasteiger partial charge in [0.15, 0.2) is 5.60 Å². The van der Waals surface area contributed by atoms with Crippen LogP contribution in [0.3, 0.4) is 0 Å². The molecule has 0 heterocycles. The zero-order valence-corrected chi connectivity index (χ0v) is 15.2. The molecule has 0 radical (unpaired) electrons. The summed E-state index contributed by atoms with van der Waals surface area (Å²) >= 11 is 0. The average Bonchev–Trinajstić information content (AvgIpc) is 2.69. The third-order valence-corrected chi connectivity index (χ3v) is 4.25. The lowest BCUT2D eigenvalue weighted by Gasteiger charge is -2.33. The largest absolute Gasteiger partial charge is 0.466 e. The summed E-state index contributed by atoms with van der Waals surface area (Å²) in [5.41, 5.74) is -0.829. The second-order valence-corrected chi connectivity index (χ2v) is 5.88. The molecule has 0 bridgehead atoms. The Morgan fingerprint density at radius 1 is 0.962 bits per heavy atom. The molecule has 0 atom stereocenters. The fourth-order valence-corrected chi connectivity index (χ4v) is 2.86. The second kappa shape index (κ2) is 9.15. The van der Waals surface area contributed by atoms with Crippen molar-refractivity contribution in [2.75, 3.05) is 19.7 Å². The van der Waals surface area contributed by atoms with E-state index in [0.717, 1.165) is 0 Å². The van der Waals surface area contributed by atoms with Crippen molar-refractivity contribution in [3.63, 3.8) is 0 Å². The number of likely N-dealkylation sites (N-methyl/N-ethyl adjacent to an activating group) is 1. The van der Waals surface area contributed by atoms with Crippen LogP contribution in [0, 0.1) is 0 Å². The molecule has 0 saturated heterocycles. The van der Waals surface area contributed by atoms with Gasteiger partial charge in [-0.1, -0.05) is 60.7 Å². The second-order valence-electron chi connectivity index (χ2n) is 5.88. The first-order valence-corrected chi connectivity index (χ1v) is 8.82. The van der Waals surface area contributed by atoms with Crippen molar-refractivity contribution in [3.8, 4) is 0 Å². The number of benzene rings is 2. The normalized spacial score (nSPS) is 11.0. The van der Waals surface area contributed by atoms with Crippen LogP contribution in [0.15, 0.2) is 60.7 Å². The van der Waals surface area contributed by atoms with Crippen LogP contribution in [0.25, 0.3) is 0 Å². The third kappa shape index (κ3) is 4.29. The van der Waals surface area contributed by atoms with Crippen molar-refractivity contribution in [3.05, 3.63) is 71.8 Å². The highest BCUT2D eigenvalue weighted by molar-refractivity contribution is 5.90. The van der Waals surface area contributed by atoms with Gasteiger partial charge in [0.2, 0.25) is 0 Å². The Labute approximate surface area is 154 Å². The first kappa shape index (κ1) is 19.7. The number of rotatable bonds is 8. The highest BCUT2D eigenvalue weighted by Gasteiger charge is 2.42. The van der Waals surface area contributed by atoms with Gasteiger partial charge in [-0.05, 0) is 25.0 Å². The summed E-state index contributed by atoms with van der Waals surface area (Å²) < 4.78 is 4.93. The Hall–Kier alpha value is -2.66. The van der Waals surface area contributed by atoms with Gasteiger partial charge in [0, 0.05) is 13.1 Å². The summed E-state index contributed by atoms with van der Waals surface area (Å²) in [5, 5.41) is 11.5. The monoisotopic (exact) mass is 355 g/mol. The predicted molar refractivity (Wildman–Crippen MR) is 99.4 cm³/mol. The SMILES string of the molecule is CCOC(=O)CCN(CC)C(=O)C(O)(c1ccccc1)c1ccccc1. The summed E-state index contributed by atoms with van der Waals surface area (Å²) in [7, 11) is 0. The van der Waals surface area contributed by atoms with Gasteiger partial charge >= 0.3 is 5.97 Å². The molecule has 0 aliphatic carbocycles. The zero-order valence-electron chi connectivity index (χ0n) is 15.2. The van der Waals surface area contributed by atoms with E-state index in [1.54, 1.807) is 55.5 Å². The van der Waals surface area contributed by atoms with Crippen LogP contribution in [0.4, 0.5) is 0 Å². The summed E-state index contributed by atoms with van der Waals surface area (Å²) in [6, 6.07) is 17.7. The Morgan fingerprint density at radius 3 is 1.88 bits per heavy atom. The van der Waals surface area contributed by atoms with E-state index < -0.39 is 11.5 Å². The topological polar surface area (TPSA) is 66.8 Å². The Kier molecular flexibility index (Phi) is 6.92. The fourth-order valence-electron chi connectivity index (χ4n) is 2.86. The van der Waals surface area contributed by atoms with Crippen molar-refractivity contribution in [2.45, 2.75) is 25.9 Å². The number of amides is 1. The minimum Gasteiger partial charge on any atom is -0.466 e. The lowest BCUT2D eigenvalue weighted by atomic mass is 9.85. The van der Waals surface area contributed by atoms with E-state index >= 15 is 0 Å². The van der Waals surface area contributed by atoms with Crippen molar-refractivity contribution in [2.24, 2.45) is 0 Å². The van der Waals surface area contributed by atoms with Gasteiger partial charge in [0.1, 0.15) is 0 Å². The molecule has 0 aliphatic heterocycles. The van der Waals surface area contributed by atoms with Gasteiger partial charge in [-0.2, -0.15) is 0 Å². The Morgan fingerprint density at radius 2 is 1.46 bits per heavy atom. The fraction of sp³-hybridized carbons (Fsp3) is 0.333. The summed E-state index contributed by atoms with van der Waals surface area (Å²) in [5.74, 6) is -0.816. The van der Waals surface area contributed by atoms with Gasteiger partial charge in [0.05, 0.1) is 13.0 Å². The van der Waals surface area contributed by atoms with Crippen molar-refractivity contribution < 1.29 is 19.4 Å². The average molecular weight is 355 g/mol. The smallest absolute Gasteiger partial charge is 0.307 e. The maximum absolute atomic E-state index is 13.3. The Bertz CT molecular complexity index is 676. The number of ether oxygens (including phenoxy) is 1. The quantitative estimate of drug-likeness (QED) is 0.740. The predicted octanol–water partition coefficient (Wildman–Crippen LogP) is 2.72. The molecule has 1 N–H and O–H groups in total. The van der Waals surface area contributed by atoms with Crippen LogP contribution < -0.4 is 0 Å². The first-order valence-electron chi connectivity index (χ1n) is 8.82. The molecule has 138 valence electrons. The lowest BCUT2D eigenvalue weighted by molar-refractivity contribution is -0.150. The van der Waals surface area contributed by atoms with Gasteiger partial charge in [-0.25, -0.2) is 0 Å². The van der Waals surface area contributed by atoms with E-state index in [0.29, 0.717) is 24.3 Å². The molecule has 0 spiro atoms. The third-order valence-electron chi connectivity index (χ3n) is 4.25. The van der Waals surface area contributed by atoms with E-state index in [9.17, 15) is 14.7 Å². The number of carbonyl (C=O) groups is 2. The molecule has 2 aromatic carbocycles. The molecule has 0 saturated carbocycles. The van der Waals surface area contributed by atoms with Crippen LogP contribution in [-0.2, 0) is 19.9 Å². The van der Waals surface area contributed by atoms with Crippen molar-refractivity contribution >= 4 is 11.9 Å². The van der Waals surface area contributed by atoms with E-state index in [4.69, 9.17) is 4.74 Å². The van der Waals surface area contributed by atoms with Crippen LogP contribution >= 0.6 is 0 Å². The molecule has 2 rings (SSSR count). The van der Waals surface area contributed by atoms with E-state index in [1.807, 2.05) is 19.1 Å². The van der Waals surface area contributed by atoms with E-state index in [-0.39, 0.29) is 18.9 Å². The number of esters is 1. The summed E-state index contributed by atoms with van der Waals surface area (Å²) in [6.07, 6.45) is 0.0904. The number of hydrogen-bond acceptors (Lipinski definition) is 4. The zero-order chi connectivity index (χ0) is 19.0. The molecular formula is C21H25NO4. The minimum atomic E-state index is -1.81. The number of hydrogen-bond donors (Lipinski definition) is 1. The minimum absolute atomic E-state index is 0.0904. The molecule has 1 amide bonds. The molecule has 26 heavy (non-hydrogen) atoms. The van der Waals surface area contributed by atoms with Gasteiger partial charge < -0.3 is 14.7 Å². The lowest BCUT2D eigenvalue weighted by Crippen LogP contribution is -2.48. The van der Waals surface area contributed by atoms with Crippen LogP contribution in [0.1, 0.15) is 31.4 Å². The molecule has 5 heteroatoms. The van der Waals surface area contributed by atoms with Crippen molar-refractivity contribution in [1.29, 1.82) is 0 Å². The number of nitrogens with zero attached hydrogens (tertiary/aromatic N) is 1. The summed E-state index contributed by atoms with van der Waals surface area (Å²) in [6.45, 7) is 4.43. The number of aliphatic hydroxyl groups is 1. The van der Waals surface area contributed by atoms with Crippen LogP contribution in [0.2, 0.25) is 0 Å². The summed E-state index contributed by atoms with van der Waals surface area (Å²) in [4.78, 5) is 26.4.